The average molecular weight is 378 g/mol. The van der Waals surface area contributed by atoms with Crippen molar-refractivity contribution in [3.8, 4) is 11.5 Å². The van der Waals surface area contributed by atoms with Gasteiger partial charge in [-0.05, 0) is 48.6 Å². The molecule has 0 atom stereocenters. The Morgan fingerprint density at radius 2 is 1.89 bits per heavy atom. The van der Waals surface area contributed by atoms with Crippen LogP contribution in [0.1, 0.15) is 29.9 Å². The standard InChI is InChI=1S/C23H26N2O3/c1-27-18-7-8-22(28-2)17(13-18)14-23(26)25-11-9-16(10-12-25)20-15-24-21-6-4-3-5-19(20)21/h3-8,13,15-16,24H,9-12,14H2,1-2H3. The Morgan fingerprint density at radius 3 is 2.64 bits per heavy atom. The van der Waals surface area contributed by atoms with Crippen LogP contribution < -0.4 is 9.47 Å². The first-order chi connectivity index (χ1) is 13.7. The van der Waals surface area contributed by atoms with Crippen molar-refractivity contribution >= 4 is 16.8 Å². The van der Waals surface area contributed by atoms with Gasteiger partial charge in [-0.25, -0.2) is 0 Å². The summed E-state index contributed by atoms with van der Waals surface area (Å²) < 4.78 is 10.7. The second kappa shape index (κ2) is 7.97. The number of hydrogen-bond acceptors (Lipinski definition) is 3. The van der Waals surface area contributed by atoms with Crippen LogP contribution in [0.3, 0.4) is 0 Å². The molecule has 0 radical (unpaired) electrons. The number of rotatable bonds is 5. The third-order valence-electron chi connectivity index (χ3n) is 5.74. The summed E-state index contributed by atoms with van der Waals surface area (Å²) in [5.41, 5.74) is 3.42. The van der Waals surface area contributed by atoms with Crippen molar-refractivity contribution in [2.75, 3.05) is 27.3 Å². The van der Waals surface area contributed by atoms with Gasteiger partial charge in [-0.3, -0.25) is 4.79 Å². The van der Waals surface area contributed by atoms with Crippen LogP contribution in [0.4, 0.5) is 0 Å². The first-order valence-electron chi connectivity index (χ1n) is 9.74. The number of nitrogens with one attached hydrogen (secondary N) is 1. The van der Waals surface area contributed by atoms with Gasteiger partial charge in [0.2, 0.25) is 5.91 Å². The molecule has 1 fully saturated rings. The predicted molar refractivity (Wildman–Crippen MR) is 110 cm³/mol. The van der Waals surface area contributed by atoms with E-state index in [0.29, 0.717) is 12.3 Å². The smallest absolute Gasteiger partial charge is 0.227 e. The fraction of sp³-hybridized carbons (Fsp3) is 0.348. The fourth-order valence-corrected chi connectivity index (χ4v) is 4.17. The monoisotopic (exact) mass is 378 g/mol. The summed E-state index contributed by atoms with van der Waals surface area (Å²) in [5.74, 6) is 2.10. The molecule has 1 aliphatic heterocycles. The number of aromatic nitrogens is 1. The lowest BCUT2D eigenvalue weighted by Crippen LogP contribution is -2.38. The molecule has 1 saturated heterocycles. The first kappa shape index (κ1) is 18.4. The molecule has 3 aromatic rings. The Bertz CT molecular complexity index is 971. The minimum Gasteiger partial charge on any atom is -0.497 e. The Balaban J connectivity index is 1.42. The molecule has 28 heavy (non-hydrogen) atoms. The summed E-state index contributed by atoms with van der Waals surface area (Å²) >= 11 is 0. The summed E-state index contributed by atoms with van der Waals surface area (Å²) in [5, 5.41) is 1.30. The predicted octanol–water partition coefficient (Wildman–Crippen LogP) is 4.13. The van der Waals surface area contributed by atoms with Gasteiger partial charge in [-0.15, -0.1) is 0 Å². The second-order valence-corrected chi connectivity index (χ2v) is 7.30. The van der Waals surface area contributed by atoms with Crippen LogP contribution >= 0.6 is 0 Å². The summed E-state index contributed by atoms with van der Waals surface area (Å²) in [7, 11) is 3.26. The summed E-state index contributed by atoms with van der Waals surface area (Å²) in [6.07, 6.45) is 4.44. The molecule has 0 bridgehead atoms. The summed E-state index contributed by atoms with van der Waals surface area (Å²) in [4.78, 5) is 18.2. The number of amides is 1. The van der Waals surface area contributed by atoms with Crippen molar-refractivity contribution in [2.24, 2.45) is 0 Å². The number of piperidine rings is 1. The molecule has 1 amide bonds. The molecule has 4 rings (SSSR count). The minimum absolute atomic E-state index is 0.143. The first-order valence-corrected chi connectivity index (χ1v) is 9.74. The number of carbonyl (C=O) groups excluding carboxylic acids is 1. The molecular weight excluding hydrogens is 352 g/mol. The maximum atomic E-state index is 12.9. The van der Waals surface area contributed by atoms with Crippen molar-refractivity contribution in [3.05, 3.63) is 59.8 Å². The van der Waals surface area contributed by atoms with Crippen LogP contribution in [0, 0.1) is 0 Å². The van der Waals surface area contributed by atoms with E-state index in [2.05, 4.69) is 35.4 Å². The molecule has 0 aliphatic carbocycles. The van der Waals surface area contributed by atoms with Gasteiger partial charge in [-0.2, -0.15) is 0 Å². The highest BCUT2D eigenvalue weighted by Crippen LogP contribution is 2.33. The molecule has 2 heterocycles. The highest BCUT2D eigenvalue weighted by atomic mass is 16.5. The number of likely N-dealkylation sites (tertiary alicyclic amines) is 1. The topological polar surface area (TPSA) is 54.6 Å². The maximum absolute atomic E-state index is 12.9. The lowest BCUT2D eigenvalue weighted by molar-refractivity contribution is -0.131. The molecule has 2 aromatic carbocycles. The van der Waals surface area contributed by atoms with Crippen molar-refractivity contribution in [1.82, 2.24) is 9.88 Å². The number of benzene rings is 2. The zero-order valence-corrected chi connectivity index (χ0v) is 16.4. The highest BCUT2D eigenvalue weighted by Gasteiger charge is 2.26. The van der Waals surface area contributed by atoms with E-state index in [1.54, 1.807) is 14.2 Å². The number of nitrogens with zero attached hydrogens (tertiary/aromatic N) is 1. The molecule has 0 spiro atoms. The number of para-hydroxylation sites is 1. The number of ether oxygens (including phenoxy) is 2. The molecule has 0 saturated carbocycles. The number of methoxy groups -OCH3 is 2. The number of aromatic amines is 1. The van der Waals surface area contributed by atoms with Crippen LogP contribution in [-0.4, -0.2) is 43.1 Å². The van der Waals surface area contributed by atoms with Gasteiger partial charge in [0.15, 0.2) is 0 Å². The zero-order chi connectivity index (χ0) is 19.5. The van der Waals surface area contributed by atoms with Crippen molar-refractivity contribution in [3.63, 3.8) is 0 Å². The Kier molecular flexibility index (Phi) is 5.24. The van der Waals surface area contributed by atoms with Crippen LogP contribution in [-0.2, 0) is 11.2 Å². The average Bonchev–Trinajstić information content (AvgIpc) is 3.18. The van der Waals surface area contributed by atoms with E-state index in [4.69, 9.17) is 9.47 Å². The molecule has 0 unspecified atom stereocenters. The van der Waals surface area contributed by atoms with Gasteiger partial charge in [0.25, 0.3) is 0 Å². The van der Waals surface area contributed by atoms with E-state index >= 15 is 0 Å². The summed E-state index contributed by atoms with van der Waals surface area (Å²) in [6.45, 7) is 1.57. The van der Waals surface area contributed by atoms with E-state index in [-0.39, 0.29) is 5.91 Å². The number of carbonyl (C=O) groups is 1. The van der Waals surface area contributed by atoms with Crippen LogP contribution in [0.2, 0.25) is 0 Å². The highest BCUT2D eigenvalue weighted by molar-refractivity contribution is 5.84. The number of H-pyrrole nitrogens is 1. The van der Waals surface area contributed by atoms with Gasteiger partial charge < -0.3 is 19.4 Å². The molecule has 1 N–H and O–H groups in total. The minimum atomic E-state index is 0.143. The van der Waals surface area contributed by atoms with Gasteiger partial charge in [-0.1, -0.05) is 18.2 Å². The Morgan fingerprint density at radius 1 is 1.11 bits per heavy atom. The fourth-order valence-electron chi connectivity index (χ4n) is 4.17. The third kappa shape index (κ3) is 3.57. The summed E-state index contributed by atoms with van der Waals surface area (Å²) in [6, 6.07) is 14.0. The van der Waals surface area contributed by atoms with Gasteiger partial charge >= 0.3 is 0 Å². The lowest BCUT2D eigenvalue weighted by Gasteiger charge is -2.32. The second-order valence-electron chi connectivity index (χ2n) is 7.30. The van der Waals surface area contributed by atoms with Crippen molar-refractivity contribution in [2.45, 2.75) is 25.2 Å². The molecule has 5 nitrogen and oxygen atoms in total. The van der Waals surface area contributed by atoms with Gasteiger partial charge in [0.05, 0.1) is 20.6 Å². The number of fused-ring (bicyclic) bond motifs is 1. The van der Waals surface area contributed by atoms with E-state index in [1.165, 1.54) is 16.5 Å². The van der Waals surface area contributed by atoms with Crippen molar-refractivity contribution < 1.29 is 14.3 Å². The normalized spacial score (nSPS) is 15.0. The SMILES string of the molecule is COc1ccc(OC)c(CC(=O)N2CCC(c3c[nH]c4ccccc34)CC2)c1. The maximum Gasteiger partial charge on any atom is 0.227 e. The Hall–Kier alpha value is -2.95. The lowest BCUT2D eigenvalue weighted by atomic mass is 9.89. The zero-order valence-electron chi connectivity index (χ0n) is 16.4. The van der Waals surface area contributed by atoms with Crippen LogP contribution in [0.5, 0.6) is 11.5 Å². The van der Waals surface area contributed by atoms with Crippen molar-refractivity contribution in [1.29, 1.82) is 0 Å². The molecule has 146 valence electrons. The quantitative estimate of drug-likeness (QED) is 0.726. The molecular formula is C23H26N2O3. The van der Waals surface area contributed by atoms with E-state index < -0.39 is 0 Å². The van der Waals surface area contributed by atoms with Crippen LogP contribution in [0.25, 0.3) is 10.9 Å². The van der Waals surface area contributed by atoms with E-state index in [1.807, 2.05) is 23.1 Å². The third-order valence-corrected chi connectivity index (χ3v) is 5.74. The van der Waals surface area contributed by atoms with E-state index in [0.717, 1.165) is 43.0 Å². The van der Waals surface area contributed by atoms with Gasteiger partial charge in [0, 0.05) is 35.8 Å². The Labute approximate surface area is 165 Å². The number of hydrogen-bond donors (Lipinski definition) is 1. The molecule has 1 aromatic heterocycles. The van der Waals surface area contributed by atoms with Crippen LogP contribution in [0.15, 0.2) is 48.7 Å². The molecule has 1 aliphatic rings. The van der Waals surface area contributed by atoms with E-state index in [9.17, 15) is 4.79 Å². The van der Waals surface area contributed by atoms with Gasteiger partial charge in [0.1, 0.15) is 11.5 Å². The molecule has 5 heteroatoms. The largest absolute Gasteiger partial charge is 0.497 e.